The summed E-state index contributed by atoms with van der Waals surface area (Å²) in [5.41, 5.74) is 0. The van der Waals surface area contributed by atoms with Crippen LogP contribution in [0.1, 0.15) is 272 Å². The van der Waals surface area contributed by atoms with Crippen molar-refractivity contribution in [3.63, 3.8) is 0 Å². The highest BCUT2D eigenvalue weighted by molar-refractivity contribution is 5.69. The summed E-state index contributed by atoms with van der Waals surface area (Å²) in [5, 5.41) is 0. The maximum absolute atomic E-state index is 12.4. The highest BCUT2D eigenvalue weighted by atomic mass is 16.5. The third-order valence-electron chi connectivity index (χ3n) is 13.6. The summed E-state index contributed by atoms with van der Waals surface area (Å²) in [6.07, 6.45) is 45.9. The average Bonchev–Trinajstić information content (AvgIpc) is 3.27. The lowest BCUT2D eigenvalue weighted by Crippen LogP contribution is -2.36. The van der Waals surface area contributed by atoms with Crippen molar-refractivity contribution in [2.45, 2.75) is 278 Å². The van der Waals surface area contributed by atoms with Gasteiger partial charge in [-0.15, -0.1) is 0 Å². The van der Waals surface area contributed by atoms with Crippen LogP contribution in [-0.4, -0.2) is 75.6 Å². The molecule has 7 nitrogen and oxygen atoms in total. The summed E-state index contributed by atoms with van der Waals surface area (Å²) in [4.78, 5) is 27.3. The zero-order chi connectivity index (χ0) is 44.8. The topological polar surface area (TPSA) is 74.3 Å². The van der Waals surface area contributed by atoms with Crippen LogP contribution in [0.5, 0.6) is 0 Å². The normalized spacial score (nSPS) is 13.5. The number of rotatable bonds is 48. The van der Waals surface area contributed by atoms with Crippen LogP contribution in [0, 0.1) is 11.8 Å². The number of carbonyl (C=O) groups excluding carboxylic acids is 2. The van der Waals surface area contributed by atoms with Gasteiger partial charge in [0.05, 0.1) is 32.5 Å². The van der Waals surface area contributed by atoms with E-state index in [4.69, 9.17) is 18.9 Å². The molecule has 1 aliphatic heterocycles. The molecule has 0 bridgehead atoms. The molecule has 1 heterocycles. The SMILES string of the molecule is CCCCCC(CCCCC)CCOC(=O)CCCCCCCCCC(CCCCCCCCCC(=O)OCCC(CCCCC)CCCCC)OCCCCN1CCOCC1. The van der Waals surface area contributed by atoms with Crippen molar-refractivity contribution in [2.75, 3.05) is 52.7 Å². The number of hydrogen-bond donors (Lipinski definition) is 0. The van der Waals surface area contributed by atoms with E-state index in [0.29, 0.717) is 32.2 Å². The molecule has 1 saturated heterocycles. The first-order valence-electron chi connectivity index (χ1n) is 27.7. The molecule has 62 heavy (non-hydrogen) atoms. The molecule has 0 atom stereocenters. The zero-order valence-corrected chi connectivity index (χ0v) is 42.2. The molecule has 0 aromatic heterocycles. The molecule has 0 saturated carbocycles. The van der Waals surface area contributed by atoms with Gasteiger partial charge in [-0.1, -0.05) is 207 Å². The van der Waals surface area contributed by atoms with E-state index in [0.717, 1.165) is 96.2 Å². The Bertz CT molecular complexity index is 861. The lowest BCUT2D eigenvalue weighted by molar-refractivity contribution is -0.145. The molecule has 0 aliphatic carbocycles. The fourth-order valence-corrected chi connectivity index (χ4v) is 9.29. The number of morpholine rings is 1. The second-order valence-corrected chi connectivity index (χ2v) is 19.4. The van der Waals surface area contributed by atoms with Crippen LogP contribution in [0.3, 0.4) is 0 Å². The molecule has 0 unspecified atom stereocenters. The van der Waals surface area contributed by atoms with Gasteiger partial charge in [-0.25, -0.2) is 0 Å². The molecule has 0 aromatic rings. The van der Waals surface area contributed by atoms with Crippen molar-refractivity contribution in [3.8, 4) is 0 Å². The maximum Gasteiger partial charge on any atom is 0.305 e. The van der Waals surface area contributed by atoms with Crippen LogP contribution in [0.2, 0.25) is 0 Å². The summed E-state index contributed by atoms with van der Waals surface area (Å²) in [7, 11) is 0. The minimum Gasteiger partial charge on any atom is -0.466 e. The smallest absolute Gasteiger partial charge is 0.305 e. The van der Waals surface area contributed by atoms with Crippen LogP contribution in [0.15, 0.2) is 0 Å². The lowest BCUT2D eigenvalue weighted by Gasteiger charge is -2.26. The van der Waals surface area contributed by atoms with E-state index < -0.39 is 0 Å². The van der Waals surface area contributed by atoms with Crippen LogP contribution in [0.4, 0.5) is 0 Å². The van der Waals surface area contributed by atoms with E-state index >= 15 is 0 Å². The maximum atomic E-state index is 12.4. The quantitative estimate of drug-likeness (QED) is 0.0445. The summed E-state index contributed by atoms with van der Waals surface area (Å²) < 4.78 is 23.4. The van der Waals surface area contributed by atoms with E-state index in [1.54, 1.807) is 0 Å². The van der Waals surface area contributed by atoms with Gasteiger partial charge < -0.3 is 18.9 Å². The summed E-state index contributed by atoms with van der Waals surface area (Å²) >= 11 is 0. The predicted molar refractivity (Wildman–Crippen MR) is 264 cm³/mol. The molecular weight excluding hydrogens is 771 g/mol. The summed E-state index contributed by atoms with van der Waals surface area (Å²) in [6.45, 7) is 16.2. The van der Waals surface area contributed by atoms with Gasteiger partial charge in [-0.2, -0.15) is 0 Å². The second kappa shape index (κ2) is 46.4. The van der Waals surface area contributed by atoms with Crippen molar-refractivity contribution in [3.05, 3.63) is 0 Å². The van der Waals surface area contributed by atoms with Crippen LogP contribution in [-0.2, 0) is 28.5 Å². The van der Waals surface area contributed by atoms with Gasteiger partial charge >= 0.3 is 11.9 Å². The monoisotopic (exact) mass is 878 g/mol. The number of ether oxygens (including phenoxy) is 4. The van der Waals surface area contributed by atoms with Crippen molar-refractivity contribution in [2.24, 2.45) is 11.8 Å². The van der Waals surface area contributed by atoms with E-state index in [-0.39, 0.29) is 11.9 Å². The lowest BCUT2D eigenvalue weighted by atomic mass is 9.92. The van der Waals surface area contributed by atoms with Gasteiger partial charge in [-0.05, 0) is 69.7 Å². The van der Waals surface area contributed by atoms with Crippen molar-refractivity contribution in [1.82, 2.24) is 4.90 Å². The standard InChI is InChI=1S/C55H107NO6/c1-5-9-23-33-51(34-24-10-6-2)41-47-61-54(57)39-29-21-17-13-15-19-27-37-53(60-46-32-31-43-56-44-49-59-50-45-56)38-28-20-16-14-18-22-30-40-55(58)62-48-42-52(35-25-11-7-3)36-26-12-8-4/h51-53H,5-50H2,1-4H3. The molecule has 1 aliphatic rings. The molecule has 7 heteroatoms. The number of hydrogen-bond acceptors (Lipinski definition) is 7. The number of esters is 2. The Morgan fingerprint density at radius 1 is 0.419 bits per heavy atom. The van der Waals surface area contributed by atoms with Gasteiger partial charge in [-0.3, -0.25) is 14.5 Å². The largest absolute Gasteiger partial charge is 0.466 e. The Kier molecular flexibility index (Phi) is 44.0. The molecule has 0 amide bonds. The molecule has 0 radical (unpaired) electrons. The number of nitrogens with zero attached hydrogens (tertiary/aromatic N) is 1. The summed E-state index contributed by atoms with van der Waals surface area (Å²) in [5.74, 6) is 1.46. The Morgan fingerprint density at radius 2 is 0.790 bits per heavy atom. The average molecular weight is 878 g/mol. The fourth-order valence-electron chi connectivity index (χ4n) is 9.29. The fraction of sp³-hybridized carbons (Fsp3) is 0.964. The van der Waals surface area contributed by atoms with Gasteiger partial charge in [0.25, 0.3) is 0 Å². The highest BCUT2D eigenvalue weighted by Crippen LogP contribution is 2.23. The van der Waals surface area contributed by atoms with Gasteiger partial charge in [0.1, 0.15) is 0 Å². The highest BCUT2D eigenvalue weighted by Gasteiger charge is 2.14. The third kappa shape index (κ3) is 39.2. The van der Waals surface area contributed by atoms with E-state index in [2.05, 4.69) is 32.6 Å². The Hall–Kier alpha value is -1.18. The number of carbonyl (C=O) groups is 2. The molecule has 368 valence electrons. The molecule has 0 spiro atoms. The molecular formula is C55H107NO6. The first kappa shape index (κ1) is 58.8. The van der Waals surface area contributed by atoms with E-state index in [1.165, 1.54) is 186 Å². The molecule has 0 N–H and O–H groups in total. The van der Waals surface area contributed by atoms with E-state index in [9.17, 15) is 9.59 Å². The first-order valence-corrected chi connectivity index (χ1v) is 27.7. The van der Waals surface area contributed by atoms with E-state index in [1.807, 2.05) is 0 Å². The zero-order valence-electron chi connectivity index (χ0n) is 42.2. The summed E-state index contributed by atoms with van der Waals surface area (Å²) in [6, 6.07) is 0. The Labute approximate surface area is 386 Å². The van der Waals surface area contributed by atoms with Crippen molar-refractivity contribution < 1.29 is 28.5 Å². The molecule has 0 aromatic carbocycles. The van der Waals surface area contributed by atoms with Gasteiger partial charge in [0.2, 0.25) is 0 Å². The molecule has 1 rings (SSSR count). The van der Waals surface area contributed by atoms with Crippen molar-refractivity contribution in [1.29, 1.82) is 0 Å². The second-order valence-electron chi connectivity index (χ2n) is 19.4. The Balaban J connectivity index is 2.20. The first-order chi connectivity index (χ1) is 30.5. The predicted octanol–water partition coefficient (Wildman–Crippen LogP) is 15.9. The number of unbranched alkanes of at least 4 members (excludes halogenated alkanes) is 21. The van der Waals surface area contributed by atoms with Crippen LogP contribution >= 0.6 is 0 Å². The van der Waals surface area contributed by atoms with Crippen molar-refractivity contribution >= 4 is 11.9 Å². The Morgan fingerprint density at radius 3 is 1.19 bits per heavy atom. The van der Waals surface area contributed by atoms with Crippen LogP contribution in [0.25, 0.3) is 0 Å². The van der Waals surface area contributed by atoms with Gasteiger partial charge in [0.15, 0.2) is 0 Å². The third-order valence-corrected chi connectivity index (χ3v) is 13.6. The molecule has 1 fully saturated rings. The van der Waals surface area contributed by atoms with Crippen LogP contribution < -0.4 is 0 Å². The minimum atomic E-state index is 0.0108. The van der Waals surface area contributed by atoms with Gasteiger partial charge in [0, 0.05) is 32.5 Å². The minimum absolute atomic E-state index is 0.0108.